The number of nitrogens with two attached hydrogens (primary N) is 1. The van der Waals surface area contributed by atoms with Crippen molar-refractivity contribution in [2.45, 2.75) is 26.4 Å². The molecule has 1 amide bonds. The summed E-state index contributed by atoms with van der Waals surface area (Å²) in [6.07, 6.45) is 0.694. The zero-order valence-corrected chi connectivity index (χ0v) is 13.3. The average molecular weight is 391 g/mol. The number of anilines is 1. The zero-order chi connectivity index (χ0) is 14.9. The monoisotopic (exact) mass is 391 g/mol. The Hall–Kier alpha value is -1.85. The number of halogens is 1. The van der Waals surface area contributed by atoms with Gasteiger partial charge in [-0.05, 0) is 43.4 Å². The molecule has 0 spiro atoms. The molecule has 0 aromatic carbocycles. The Kier molecular flexibility index (Phi) is 3.83. The van der Waals surface area contributed by atoms with Crippen LogP contribution in [0.5, 0.6) is 0 Å². The molecular weight excluding hydrogens is 377 g/mol. The van der Waals surface area contributed by atoms with E-state index in [-0.39, 0.29) is 0 Å². The van der Waals surface area contributed by atoms with Gasteiger partial charge >= 0.3 is 6.09 Å². The Morgan fingerprint density at radius 2 is 2.15 bits per heavy atom. The van der Waals surface area contributed by atoms with Crippen molar-refractivity contribution >= 4 is 45.5 Å². The molecule has 2 heterocycles. The predicted molar refractivity (Wildman–Crippen MR) is 81.2 cm³/mol. The first-order valence-electron chi connectivity index (χ1n) is 5.67. The molecule has 0 saturated carbocycles. The van der Waals surface area contributed by atoms with Gasteiger partial charge in [0, 0.05) is 0 Å². The van der Waals surface area contributed by atoms with Gasteiger partial charge in [0.15, 0.2) is 5.65 Å². The maximum Gasteiger partial charge on any atom is 0.427 e. The second-order valence-corrected chi connectivity index (χ2v) is 5.92. The standard InChI is InChI=1S/C10H14IN7O2/c1-10(2,3)20-9(19)15-17-18-8-5(6(11)16-18)7(12)13-4-14-8/h4,17H,1-3H3,(H,15,19)(H2,12,13,14). The summed E-state index contributed by atoms with van der Waals surface area (Å²) in [7, 11) is 0. The predicted octanol–water partition coefficient (Wildman–Crippen LogP) is 0.996. The van der Waals surface area contributed by atoms with Crippen LogP contribution >= 0.6 is 22.6 Å². The Balaban J connectivity index is 2.15. The number of hydrazine groups is 1. The molecule has 0 unspecified atom stereocenters. The number of fused-ring (bicyclic) bond motifs is 1. The minimum atomic E-state index is -0.627. The summed E-state index contributed by atoms with van der Waals surface area (Å²) in [5.74, 6) is 0.324. The lowest BCUT2D eigenvalue weighted by Crippen LogP contribution is -2.40. The minimum Gasteiger partial charge on any atom is -0.443 e. The van der Waals surface area contributed by atoms with Crippen LogP contribution in [0.25, 0.3) is 11.0 Å². The largest absolute Gasteiger partial charge is 0.443 e. The van der Waals surface area contributed by atoms with E-state index < -0.39 is 11.7 Å². The van der Waals surface area contributed by atoms with E-state index in [1.54, 1.807) is 20.8 Å². The van der Waals surface area contributed by atoms with Crippen LogP contribution in [0.2, 0.25) is 0 Å². The number of nitrogens with one attached hydrogen (secondary N) is 2. The average Bonchev–Trinajstić information content (AvgIpc) is 2.63. The fraction of sp³-hybridized carbons (Fsp3) is 0.400. The molecule has 0 atom stereocenters. The maximum absolute atomic E-state index is 11.5. The molecule has 0 fully saturated rings. The van der Waals surface area contributed by atoms with E-state index >= 15 is 0 Å². The third-order valence-electron chi connectivity index (χ3n) is 2.11. The van der Waals surface area contributed by atoms with Gasteiger partial charge in [0.25, 0.3) is 0 Å². The van der Waals surface area contributed by atoms with Crippen molar-refractivity contribution in [2.24, 2.45) is 0 Å². The topological polar surface area (TPSA) is 120 Å². The van der Waals surface area contributed by atoms with Gasteiger partial charge < -0.3 is 10.5 Å². The summed E-state index contributed by atoms with van der Waals surface area (Å²) < 4.78 is 5.71. The van der Waals surface area contributed by atoms with E-state index in [0.717, 1.165) is 0 Å². The molecule has 108 valence electrons. The Morgan fingerprint density at radius 1 is 1.45 bits per heavy atom. The fourth-order valence-electron chi connectivity index (χ4n) is 1.41. The van der Waals surface area contributed by atoms with Crippen molar-refractivity contribution in [3.8, 4) is 0 Å². The van der Waals surface area contributed by atoms with Crippen LogP contribution in [-0.4, -0.2) is 31.6 Å². The van der Waals surface area contributed by atoms with Gasteiger partial charge in [0.1, 0.15) is 21.4 Å². The molecule has 0 bridgehead atoms. The van der Waals surface area contributed by atoms with Crippen molar-refractivity contribution in [3.05, 3.63) is 10.0 Å². The van der Waals surface area contributed by atoms with E-state index in [4.69, 9.17) is 10.5 Å². The van der Waals surface area contributed by atoms with Crippen LogP contribution < -0.4 is 16.7 Å². The summed E-state index contributed by atoms with van der Waals surface area (Å²) >= 11 is 2.01. The van der Waals surface area contributed by atoms with Crippen LogP contribution in [0, 0.1) is 3.70 Å². The first-order valence-corrected chi connectivity index (χ1v) is 6.75. The lowest BCUT2D eigenvalue weighted by molar-refractivity contribution is 0.0532. The Labute approximate surface area is 128 Å². The summed E-state index contributed by atoms with van der Waals surface area (Å²) in [6.45, 7) is 5.31. The fourth-order valence-corrected chi connectivity index (χ4v) is 2.15. The second-order valence-electron chi connectivity index (χ2n) is 4.90. The number of carbonyl (C=O) groups is 1. The van der Waals surface area contributed by atoms with Gasteiger partial charge in [-0.15, -0.1) is 9.89 Å². The summed E-state index contributed by atoms with van der Waals surface area (Å²) in [6, 6.07) is 0. The van der Waals surface area contributed by atoms with E-state index in [9.17, 15) is 4.79 Å². The molecule has 2 aromatic heterocycles. The third-order valence-corrected chi connectivity index (χ3v) is 2.87. The molecule has 0 aliphatic rings. The first-order chi connectivity index (χ1) is 9.28. The van der Waals surface area contributed by atoms with Crippen LogP contribution in [0.3, 0.4) is 0 Å². The lowest BCUT2D eigenvalue weighted by atomic mass is 10.2. The second kappa shape index (κ2) is 5.26. The highest BCUT2D eigenvalue weighted by Gasteiger charge is 2.17. The number of nitrogen functional groups attached to an aromatic ring is 1. The molecule has 20 heavy (non-hydrogen) atoms. The smallest absolute Gasteiger partial charge is 0.427 e. The number of ether oxygens (including phenoxy) is 1. The highest BCUT2D eigenvalue weighted by molar-refractivity contribution is 14.1. The highest BCUT2D eigenvalue weighted by Crippen LogP contribution is 2.21. The zero-order valence-electron chi connectivity index (χ0n) is 11.1. The van der Waals surface area contributed by atoms with E-state index in [0.29, 0.717) is 20.6 Å². The number of amides is 1. The Bertz CT molecular complexity index is 649. The van der Waals surface area contributed by atoms with Crippen molar-refractivity contribution in [3.63, 3.8) is 0 Å². The first kappa shape index (κ1) is 14.6. The summed E-state index contributed by atoms with van der Waals surface area (Å²) in [5, 5.41) is 4.78. The van der Waals surface area contributed by atoms with Gasteiger partial charge in [-0.2, -0.15) is 0 Å². The van der Waals surface area contributed by atoms with E-state index in [1.165, 1.54) is 11.1 Å². The van der Waals surface area contributed by atoms with Gasteiger partial charge in [-0.25, -0.2) is 25.7 Å². The highest BCUT2D eigenvalue weighted by atomic mass is 127. The normalized spacial score (nSPS) is 11.4. The molecule has 4 N–H and O–H groups in total. The number of rotatable bonds is 2. The van der Waals surface area contributed by atoms with Gasteiger partial charge in [-0.3, -0.25) is 0 Å². The van der Waals surface area contributed by atoms with E-state index in [1.807, 2.05) is 22.6 Å². The Morgan fingerprint density at radius 3 is 2.80 bits per heavy atom. The molecule has 9 nitrogen and oxygen atoms in total. The molecule has 0 radical (unpaired) electrons. The van der Waals surface area contributed by atoms with E-state index in [2.05, 4.69) is 26.0 Å². The number of hydrogen-bond acceptors (Lipinski definition) is 7. The molecule has 0 aliphatic carbocycles. The molecular formula is C10H14IN7O2. The molecule has 2 aromatic rings. The van der Waals surface area contributed by atoms with Gasteiger partial charge in [0.05, 0.1) is 5.39 Å². The van der Waals surface area contributed by atoms with Gasteiger partial charge in [-0.1, -0.05) is 0 Å². The van der Waals surface area contributed by atoms with Crippen LogP contribution in [0.15, 0.2) is 6.33 Å². The SMILES string of the molecule is CC(C)(C)OC(=O)NNn1nc(I)c2c(N)ncnc21. The molecule has 2 rings (SSSR count). The minimum absolute atomic E-state index is 0.324. The van der Waals surface area contributed by atoms with Crippen molar-refractivity contribution < 1.29 is 9.53 Å². The summed E-state index contributed by atoms with van der Waals surface area (Å²) in [5.41, 5.74) is 10.6. The molecule has 10 heteroatoms. The molecule has 0 aliphatic heterocycles. The number of aromatic nitrogens is 4. The van der Waals surface area contributed by atoms with Crippen molar-refractivity contribution in [1.29, 1.82) is 0 Å². The van der Waals surface area contributed by atoms with Crippen LogP contribution in [0.1, 0.15) is 20.8 Å². The maximum atomic E-state index is 11.5. The van der Waals surface area contributed by atoms with Crippen LogP contribution in [-0.2, 0) is 4.74 Å². The van der Waals surface area contributed by atoms with Crippen LogP contribution in [0.4, 0.5) is 10.6 Å². The lowest BCUT2D eigenvalue weighted by Gasteiger charge is -2.19. The number of carbonyl (C=O) groups excluding carboxylic acids is 1. The number of nitrogens with zero attached hydrogens (tertiary/aromatic N) is 4. The third kappa shape index (κ3) is 3.18. The quantitative estimate of drug-likeness (QED) is 0.516. The summed E-state index contributed by atoms with van der Waals surface area (Å²) in [4.78, 5) is 20.8. The molecule has 0 saturated heterocycles. The van der Waals surface area contributed by atoms with Crippen molar-refractivity contribution in [1.82, 2.24) is 25.3 Å². The van der Waals surface area contributed by atoms with Gasteiger partial charge in [0.2, 0.25) is 0 Å². The van der Waals surface area contributed by atoms with Crippen molar-refractivity contribution in [2.75, 3.05) is 11.3 Å². The number of hydrogen-bond donors (Lipinski definition) is 3.